The van der Waals surface area contributed by atoms with E-state index in [0.717, 1.165) is 31.8 Å². The van der Waals surface area contributed by atoms with Gasteiger partial charge in [0.25, 0.3) is 5.91 Å². The van der Waals surface area contributed by atoms with Gasteiger partial charge in [-0.15, -0.1) is 0 Å². The normalized spacial score (nSPS) is 26.0. The van der Waals surface area contributed by atoms with Crippen LogP contribution in [-0.4, -0.2) is 74.0 Å². The molecule has 6 heteroatoms. The van der Waals surface area contributed by atoms with Crippen LogP contribution in [0.15, 0.2) is 24.3 Å². The molecule has 3 rings (SSSR count). The lowest BCUT2D eigenvalue weighted by atomic mass is 10.0. The van der Waals surface area contributed by atoms with E-state index in [0.29, 0.717) is 30.2 Å². The third-order valence-corrected chi connectivity index (χ3v) is 5.53. The first-order chi connectivity index (χ1) is 12.5. The van der Waals surface area contributed by atoms with Crippen molar-refractivity contribution in [2.24, 2.45) is 5.92 Å². The van der Waals surface area contributed by atoms with Gasteiger partial charge in [-0.3, -0.25) is 9.69 Å². The number of amides is 1. The van der Waals surface area contributed by atoms with Gasteiger partial charge >= 0.3 is 0 Å². The van der Waals surface area contributed by atoms with Crippen LogP contribution in [0.25, 0.3) is 0 Å². The molecule has 1 aromatic rings. The molecule has 3 atom stereocenters. The number of anilines is 1. The van der Waals surface area contributed by atoms with Gasteiger partial charge in [0, 0.05) is 50.0 Å². The number of benzene rings is 1. The molecule has 0 aliphatic carbocycles. The molecule has 26 heavy (non-hydrogen) atoms. The first-order valence-electron chi connectivity index (χ1n) is 9.56. The van der Waals surface area contributed by atoms with Gasteiger partial charge in [0.15, 0.2) is 0 Å². The number of likely N-dealkylation sites (N-methyl/N-ethyl adjacent to an activating group) is 1. The van der Waals surface area contributed by atoms with E-state index in [9.17, 15) is 4.79 Å². The summed E-state index contributed by atoms with van der Waals surface area (Å²) in [6.45, 7) is 7.70. The highest BCUT2D eigenvalue weighted by Gasteiger charge is 2.38. The highest BCUT2D eigenvalue weighted by molar-refractivity contribution is 5.94. The maximum absolute atomic E-state index is 12.6. The summed E-state index contributed by atoms with van der Waals surface area (Å²) in [5, 5.41) is 12.2. The number of carbonyl (C=O) groups is 1. The zero-order valence-electron chi connectivity index (χ0n) is 16.0. The van der Waals surface area contributed by atoms with Crippen molar-refractivity contribution in [3.63, 3.8) is 0 Å². The molecule has 1 aromatic carbocycles. The minimum absolute atomic E-state index is 0.0208. The Morgan fingerprint density at radius 3 is 2.73 bits per heavy atom. The third-order valence-electron chi connectivity index (χ3n) is 5.53. The summed E-state index contributed by atoms with van der Waals surface area (Å²) in [5.41, 5.74) is 1.66. The fourth-order valence-electron chi connectivity index (χ4n) is 3.82. The Bertz CT molecular complexity index is 605. The topological polar surface area (TPSA) is 65.0 Å². The number of aliphatic hydroxyl groups excluding tert-OH is 1. The van der Waals surface area contributed by atoms with Crippen molar-refractivity contribution >= 4 is 11.6 Å². The quantitative estimate of drug-likeness (QED) is 0.801. The predicted octanol–water partition coefficient (Wildman–Crippen LogP) is 1.34. The predicted molar refractivity (Wildman–Crippen MR) is 103 cm³/mol. The van der Waals surface area contributed by atoms with Crippen LogP contribution in [0.4, 0.5) is 5.69 Å². The van der Waals surface area contributed by atoms with Crippen LogP contribution < -0.4 is 10.2 Å². The summed E-state index contributed by atoms with van der Waals surface area (Å²) in [5.74, 6) is 0.500. The molecule has 0 saturated carbocycles. The molecule has 0 bridgehead atoms. The summed E-state index contributed by atoms with van der Waals surface area (Å²) < 4.78 is 5.97. The molecule has 2 heterocycles. The number of rotatable bonds is 6. The van der Waals surface area contributed by atoms with Crippen molar-refractivity contribution in [1.29, 1.82) is 0 Å². The van der Waals surface area contributed by atoms with E-state index >= 15 is 0 Å². The zero-order valence-corrected chi connectivity index (χ0v) is 16.0. The van der Waals surface area contributed by atoms with Crippen LogP contribution >= 0.6 is 0 Å². The van der Waals surface area contributed by atoms with Crippen molar-refractivity contribution in [3.05, 3.63) is 29.8 Å². The molecule has 0 unspecified atom stereocenters. The maximum atomic E-state index is 12.6. The van der Waals surface area contributed by atoms with Crippen molar-refractivity contribution in [2.45, 2.75) is 38.5 Å². The molecule has 2 N–H and O–H groups in total. The second-order valence-electron chi connectivity index (χ2n) is 7.82. The van der Waals surface area contributed by atoms with E-state index in [-0.39, 0.29) is 18.6 Å². The van der Waals surface area contributed by atoms with E-state index in [4.69, 9.17) is 9.84 Å². The van der Waals surface area contributed by atoms with E-state index < -0.39 is 0 Å². The van der Waals surface area contributed by atoms with Crippen molar-refractivity contribution < 1.29 is 14.6 Å². The van der Waals surface area contributed by atoms with E-state index in [1.54, 1.807) is 0 Å². The SMILES string of the molecule is CC(C)[C@H]1CN2C[C@@H](NC(=O)c3ccc(N(C)CCO)cc3)C[C@H]2CO1. The minimum atomic E-state index is -0.0208. The largest absolute Gasteiger partial charge is 0.395 e. The van der Waals surface area contributed by atoms with Crippen LogP contribution in [0.3, 0.4) is 0 Å². The lowest BCUT2D eigenvalue weighted by Gasteiger charge is -2.36. The van der Waals surface area contributed by atoms with E-state index in [2.05, 4.69) is 24.1 Å². The number of fused-ring (bicyclic) bond motifs is 1. The number of hydrogen-bond acceptors (Lipinski definition) is 5. The minimum Gasteiger partial charge on any atom is -0.395 e. The van der Waals surface area contributed by atoms with Gasteiger partial charge in [0.2, 0.25) is 0 Å². The Morgan fingerprint density at radius 2 is 2.08 bits per heavy atom. The highest BCUT2D eigenvalue weighted by Crippen LogP contribution is 2.26. The molecule has 0 aromatic heterocycles. The summed E-state index contributed by atoms with van der Waals surface area (Å²) in [6, 6.07) is 8.13. The maximum Gasteiger partial charge on any atom is 0.251 e. The number of nitrogens with zero attached hydrogens (tertiary/aromatic N) is 2. The Labute approximate surface area is 156 Å². The van der Waals surface area contributed by atoms with Gasteiger partial charge in [0.1, 0.15) is 0 Å². The number of nitrogens with one attached hydrogen (secondary N) is 1. The third kappa shape index (κ3) is 4.37. The number of carbonyl (C=O) groups excluding carboxylic acids is 1. The van der Waals surface area contributed by atoms with E-state index in [1.165, 1.54) is 0 Å². The number of ether oxygens (including phenoxy) is 1. The summed E-state index contributed by atoms with van der Waals surface area (Å²) in [4.78, 5) is 17.0. The van der Waals surface area contributed by atoms with Crippen LogP contribution in [0, 0.1) is 5.92 Å². The molecule has 144 valence electrons. The first-order valence-corrected chi connectivity index (χ1v) is 9.56. The number of morpholine rings is 1. The Hall–Kier alpha value is -1.63. The molecule has 1 amide bonds. The van der Waals surface area contributed by atoms with Crippen molar-refractivity contribution in [1.82, 2.24) is 10.2 Å². The van der Waals surface area contributed by atoms with Crippen LogP contribution in [-0.2, 0) is 4.74 Å². The average Bonchev–Trinajstić information content (AvgIpc) is 3.03. The lowest BCUT2D eigenvalue weighted by Crippen LogP contribution is -2.48. The van der Waals surface area contributed by atoms with Crippen LogP contribution in [0.1, 0.15) is 30.6 Å². The Kier molecular flexibility index (Phi) is 6.16. The molecule has 2 aliphatic heterocycles. The molecule has 2 saturated heterocycles. The molecule has 6 nitrogen and oxygen atoms in total. The lowest BCUT2D eigenvalue weighted by molar-refractivity contribution is -0.0683. The van der Waals surface area contributed by atoms with Crippen LogP contribution in [0.5, 0.6) is 0 Å². The second-order valence-corrected chi connectivity index (χ2v) is 7.82. The standard InChI is InChI=1S/C20H31N3O3/c1-14(2)19-12-23-11-16(10-18(23)13-26-19)21-20(25)15-4-6-17(7-5-15)22(3)8-9-24/h4-7,14,16,18-19,24H,8-13H2,1-3H3,(H,21,25)/t16-,18-,19+/m0/s1. The fraction of sp³-hybridized carbons (Fsp3) is 0.650. The first kappa shape index (κ1) is 19.1. The van der Waals surface area contributed by atoms with E-state index in [1.807, 2.05) is 36.2 Å². The fourth-order valence-corrected chi connectivity index (χ4v) is 3.82. The summed E-state index contributed by atoms with van der Waals surface area (Å²) >= 11 is 0. The number of aliphatic hydroxyl groups is 1. The number of hydrogen-bond donors (Lipinski definition) is 2. The van der Waals surface area contributed by atoms with Gasteiger partial charge in [-0.2, -0.15) is 0 Å². The van der Waals surface area contributed by atoms with Crippen molar-refractivity contribution in [2.75, 3.05) is 44.8 Å². The molecule has 0 radical (unpaired) electrons. The molecule has 0 spiro atoms. The molecular formula is C20H31N3O3. The smallest absolute Gasteiger partial charge is 0.251 e. The monoisotopic (exact) mass is 361 g/mol. The van der Waals surface area contributed by atoms with Gasteiger partial charge in [-0.1, -0.05) is 13.8 Å². The highest BCUT2D eigenvalue weighted by atomic mass is 16.5. The molecule has 2 aliphatic rings. The zero-order chi connectivity index (χ0) is 18.7. The van der Waals surface area contributed by atoms with Crippen molar-refractivity contribution in [3.8, 4) is 0 Å². The Morgan fingerprint density at radius 1 is 1.35 bits per heavy atom. The van der Waals surface area contributed by atoms with Crippen LogP contribution in [0.2, 0.25) is 0 Å². The van der Waals surface area contributed by atoms with Gasteiger partial charge in [-0.05, 0) is 36.6 Å². The summed E-state index contributed by atoms with van der Waals surface area (Å²) in [6.07, 6.45) is 1.25. The van der Waals surface area contributed by atoms with Gasteiger partial charge in [0.05, 0.1) is 19.3 Å². The second kappa shape index (κ2) is 8.37. The molecular weight excluding hydrogens is 330 g/mol. The average molecular weight is 361 g/mol. The Balaban J connectivity index is 1.54. The van der Waals surface area contributed by atoms with Gasteiger partial charge < -0.3 is 20.1 Å². The molecule has 2 fully saturated rings. The summed E-state index contributed by atoms with van der Waals surface area (Å²) in [7, 11) is 1.92. The van der Waals surface area contributed by atoms with Gasteiger partial charge in [-0.25, -0.2) is 0 Å².